The van der Waals surface area contributed by atoms with Crippen molar-refractivity contribution in [2.24, 2.45) is 0 Å². The maximum absolute atomic E-state index is 13.9. The van der Waals surface area contributed by atoms with Crippen molar-refractivity contribution in [3.8, 4) is 17.1 Å². The summed E-state index contributed by atoms with van der Waals surface area (Å²) in [4.78, 5) is 52.4. The number of rotatable bonds is 7. The first-order valence-corrected chi connectivity index (χ1v) is 13.4. The van der Waals surface area contributed by atoms with Gasteiger partial charge in [-0.2, -0.15) is 0 Å². The minimum atomic E-state index is -0.644. The molecule has 0 bridgehead atoms. The normalized spacial score (nSPS) is 15.1. The van der Waals surface area contributed by atoms with Crippen molar-refractivity contribution >= 4 is 23.6 Å². The molecule has 1 atom stereocenters. The molecule has 1 aromatic heterocycles. The lowest BCUT2D eigenvalue weighted by molar-refractivity contribution is 0.0367. The number of esters is 1. The van der Waals surface area contributed by atoms with E-state index in [0.29, 0.717) is 36.1 Å². The molecule has 2 aromatic carbocycles. The number of carbonyl (C=O) groups excluding carboxylic acids is 3. The molecule has 10 nitrogen and oxygen atoms in total. The zero-order chi connectivity index (χ0) is 28.8. The summed E-state index contributed by atoms with van der Waals surface area (Å²) in [6.07, 6.45) is -0.376. The van der Waals surface area contributed by atoms with Gasteiger partial charge >= 0.3 is 12.0 Å². The fourth-order valence-corrected chi connectivity index (χ4v) is 4.59. The Kier molecular flexibility index (Phi) is 8.98. The number of para-hydroxylation sites is 2. The number of ether oxygens (including phenoxy) is 2. The van der Waals surface area contributed by atoms with Gasteiger partial charge in [0.15, 0.2) is 5.82 Å². The van der Waals surface area contributed by atoms with Crippen LogP contribution in [-0.4, -0.2) is 76.1 Å². The number of piperazine rings is 1. The summed E-state index contributed by atoms with van der Waals surface area (Å²) < 4.78 is 11.1. The van der Waals surface area contributed by atoms with Crippen LogP contribution in [0.5, 0.6) is 5.75 Å². The molecule has 10 heteroatoms. The third kappa shape index (κ3) is 6.39. The van der Waals surface area contributed by atoms with Crippen molar-refractivity contribution in [2.75, 3.05) is 31.6 Å². The molecule has 1 aliphatic rings. The Labute approximate surface area is 234 Å². The number of hydrogen-bond donors (Lipinski definition) is 1. The van der Waals surface area contributed by atoms with Gasteiger partial charge in [0.1, 0.15) is 17.0 Å². The van der Waals surface area contributed by atoms with E-state index in [4.69, 9.17) is 9.47 Å². The van der Waals surface area contributed by atoms with Crippen LogP contribution in [0.4, 0.5) is 10.5 Å². The van der Waals surface area contributed by atoms with Crippen LogP contribution < -0.4 is 10.1 Å². The molecular weight excluding hydrogens is 510 g/mol. The van der Waals surface area contributed by atoms with E-state index in [9.17, 15) is 14.4 Å². The molecule has 3 aromatic rings. The quantitative estimate of drug-likeness (QED) is 0.425. The summed E-state index contributed by atoms with van der Waals surface area (Å²) >= 11 is 0. The third-order valence-electron chi connectivity index (χ3n) is 6.48. The first kappa shape index (κ1) is 28.5. The van der Waals surface area contributed by atoms with Gasteiger partial charge in [0.25, 0.3) is 5.91 Å². The zero-order valence-electron chi connectivity index (χ0n) is 23.5. The molecule has 0 saturated carbocycles. The molecule has 1 unspecified atom stereocenters. The summed E-state index contributed by atoms with van der Waals surface area (Å²) in [7, 11) is 0. The minimum absolute atomic E-state index is 0.00672. The van der Waals surface area contributed by atoms with Gasteiger partial charge in [-0.1, -0.05) is 42.5 Å². The summed E-state index contributed by atoms with van der Waals surface area (Å²) in [6.45, 7) is 10.2. The Morgan fingerprint density at radius 1 is 1.02 bits per heavy atom. The Hall–Kier alpha value is -4.47. The smallest absolute Gasteiger partial charge is 0.342 e. The van der Waals surface area contributed by atoms with E-state index in [2.05, 4.69) is 15.3 Å². The van der Waals surface area contributed by atoms with Crippen LogP contribution in [0.3, 0.4) is 0 Å². The number of benzene rings is 2. The van der Waals surface area contributed by atoms with Crippen molar-refractivity contribution < 1.29 is 23.9 Å². The van der Waals surface area contributed by atoms with Gasteiger partial charge < -0.3 is 24.6 Å². The highest BCUT2D eigenvalue weighted by Gasteiger charge is 2.34. The fraction of sp³-hybridized carbons (Fsp3) is 0.367. The summed E-state index contributed by atoms with van der Waals surface area (Å²) in [5, 5.41) is 2.92. The number of anilines is 1. The molecule has 1 N–H and O–H groups in total. The SMILES string of the molecule is CCOc1ccccc1NC(=O)N1CCN(C(=O)c2nc(-c3ccccc3)nc(C)c2C(=O)OC(C)C)CC1C. The van der Waals surface area contributed by atoms with E-state index in [1.54, 1.807) is 42.7 Å². The lowest BCUT2D eigenvalue weighted by Crippen LogP contribution is -2.56. The standard InChI is InChI=1S/C30H35N5O5/c1-6-39-24-15-11-10-14-23(24)32-30(38)35-17-16-34(18-20(35)4)28(36)26-25(29(37)40-19(2)3)21(5)31-27(33-26)22-12-8-7-9-13-22/h7-15,19-20H,6,16-18H2,1-5H3,(H,32,38). The van der Waals surface area contributed by atoms with Crippen LogP contribution in [0.15, 0.2) is 54.6 Å². The van der Waals surface area contributed by atoms with Crippen molar-refractivity contribution in [1.29, 1.82) is 0 Å². The number of amides is 3. The van der Waals surface area contributed by atoms with E-state index >= 15 is 0 Å². The second-order valence-corrected chi connectivity index (χ2v) is 9.83. The van der Waals surface area contributed by atoms with Crippen LogP contribution in [-0.2, 0) is 4.74 Å². The topological polar surface area (TPSA) is 114 Å². The number of aromatic nitrogens is 2. The lowest BCUT2D eigenvalue weighted by atomic mass is 10.1. The number of urea groups is 1. The van der Waals surface area contributed by atoms with E-state index in [1.807, 2.05) is 56.3 Å². The maximum Gasteiger partial charge on any atom is 0.342 e. The summed E-state index contributed by atoms with van der Waals surface area (Å²) in [6, 6.07) is 16.0. The lowest BCUT2D eigenvalue weighted by Gasteiger charge is -2.39. The molecular formula is C30H35N5O5. The molecule has 2 heterocycles. The zero-order valence-corrected chi connectivity index (χ0v) is 23.5. The van der Waals surface area contributed by atoms with E-state index in [0.717, 1.165) is 5.56 Å². The molecule has 1 saturated heterocycles. The second kappa shape index (κ2) is 12.6. The minimum Gasteiger partial charge on any atom is -0.492 e. The van der Waals surface area contributed by atoms with Crippen LogP contribution in [0.2, 0.25) is 0 Å². The Bertz CT molecular complexity index is 1380. The van der Waals surface area contributed by atoms with Gasteiger partial charge in [-0.3, -0.25) is 4.79 Å². The first-order chi connectivity index (χ1) is 19.2. The predicted octanol–water partition coefficient (Wildman–Crippen LogP) is 4.79. The van der Waals surface area contributed by atoms with E-state index in [1.165, 1.54) is 0 Å². The van der Waals surface area contributed by atoms with Gasteiger partial charge in [-0.05, 0) is 46.8 Å². The third-order valence-corrected chi connectivity index (χ3v) is 6.48. The molecule has 1 aliphatic heterocycles. The second-order valence-electron chi connectivity index (χ2n) is 9.83. The molecule has 0 aliphatic carbocycles. The monoisotopic (exact) mass is 545 g/mol. The van der Waals surface area contributed by atoms with Crippen molar-refractivity contribution in [2.45, 2.75) is 46.8 Å². The highest BCUT2D eigenvalue weighted by molar-refractivity contribution is 6.05. The average Bonchev–Trinajstić information content (AvgIpc) is 2.93. The molecule has 3 amide bonds. The molecule has 0 radical (unpaired) electrons. The summed E-state index contributed by atoms with van der Waals surface area (Å²) in [5.74, 6) is -0.114. The Morgan fingerprint density at radius 3 is 2.40 bits per heavy atom. The fourth-order valence-electron chi connectivity index (χ4n) is 4.59. The maximum atomic E-state index is 13.9. The Balaban J connectivity index is 1.57. The number of aryl methyl sites for hydroxylation is 1. The molecule has 40 heavy (non-hydrogen) atoms. The van der Waals surface area contributed by atoms with Gasteiger partial charge in [0.2, 0.25) is 0 Å². The van der Waals surface area contributed by atoms with Crippen molar-refractivity contribution in [3.63, 3.8) is 0 Å². The van der Waals surface area contributed by atoms with Crippen LogP contribution in [0.25, 0.3) is 11.4 Å². The molecule has 4 rings (SSSR count). The number of hydrogen-bond acceptors (Lipinski definition) is 7. The molecule has 1 fully saturated rings. The largest absolute Gasteiger partial charge is 0.492 e. The summed E-state index contributed by atoms with van der Waals surface area (Å²) in [5.41, 5.74) is 1.72. The van der Waals surface area contributed by atoms with Gasteiger partial charge in [-0.25, -0.2) is 19.6 Å². The van der Waals surface area contributed by atoms with Crippen molar-refractivity contribution in [1.82, 2.24) is 19.8 Å². The van der Waals surface area contributed by atoms with E-state index < -0.39 is 11.9 Å². The Morgan fingerprint density at radius 2 is 1.73 bits per heavy atom. The van der Waals surface area contributed by atoms with E-state index in [-0.39, 0.29) is 42.5 Å². The molecule has 210 valence electrons. The van der Waals surface area contributed by atoms with Crippen LogP contribution in [0, 0.1) is 6.92 Å². The number of nitrogens with zero attached hydrogens (tertiary/aromatic N) is 4. The highest BCUT2D eigenvalue weighted by atomic mass is 16.5. The highest BCUT2D eigenvalue weighted by Crippen LogP contribution is 2.26. The van der Waals surface area contributed by atoms with Gasteiger partial charge in [-0.15, -0.1) is 0 Å². The molecule has 0 spiro atoms. The van der Waals surface area contributed by atoms with Crippen LogP contribution in [0.1, 0.15) is 54.2 Å². The van der Waals surface area contributed by atoms with Crippen LogP contribution >= 0.6 is 0 Å². The van der Waals surface area contributed by atoms with Gasteiger partial charge in [0.05, 0.1) is 24.1 Å². The van der Waals surface area contributed by atoms with Crippen molar-refractivity contribution in [3.05, 3.63) is 71.5 Å². The number of nitrogens with one attached hydrogen (secondary N) is 1. The predicted molar refractivity (Wildman–Crippen MR) is 151 cm³/mol. The van der Waals surface area contributed by atoms with Gasteiger partial charge in [0, 0.05) is 31.2 Å². The average molecular weight is 546 g/mol. The first-order valence-electron chi connectivity index (χ1n) is 13.4. The number of carbonyl (C=O) groups is 3.